The molecule has 3 aromatic rings. The second-order valence-corrected chi connectivity index (χ2v) is 5.33. The van der Waals surface area contributed by atoms with Crippen LogP contribution in [0.4, 0.5) is 17.6 Å². The van der Waals surface area contributed by atoms with Crippen molar-refractivity contribution in [1.29, 1.82) is 0 Å². The highest BCUT2D eigenvalue weighted by Gasteiger charge is 2.32. The Bertz CT molecular complexity index is 884. The van der Waals surface area contributed by atoms with Gasteiger partial charge in [-0.2, -0.15) is 13.2 Å². The molecule has 0 N–H and O–H groups in total. The molecule has 0 saturated heterocycles. The second kappa shape index (κ2) is 5.94. The first-order valence-corrected chi connectivity index (χ1v) is 7.24. The Morgan fingerprint density at radius 2 is 1.96 bits per heavy atom. The molecule has 1 heterocycles. The number of ether oxygens (including phenoxy) is 1. The first-order valence-electron chi connectivity index (χ1n) is 6.87. The lowest BCUT2D eigenvalue weighted by Gasteiger charge is -2.12. The molecule has 4 nitrogen and oxygen atoms in total. The van der Waals surface area contributed by atoms with E-state index in [-0.39, 0.29) is 5.75 Å². The average molecular weight is 360 g/mol. The maximum atomic E-state index is 14.0. The summed E-state index contributed by atoms with van der Waals surface area (Å²) in [6.45, 7) is 2.43. The van der Waals surface area contributed by atoms with Crippen molar-refractivity contribution >= 4 is 22.6 Å². The standard InChI is InChI=1S/C15H10ClF4N3O/c1-2-23-13-7-9(3-4-12(13)21-22-23)24-14-10(16)5-8(6-11(14)17)15(18,19)20/h3-7H,2H2,1H3. The molecule has 0 bridgehead atoms. The minimum Gasteiger partial charge on any atom is -0.453 e. The molecule has 0 aliphatic heterocycles. The van der Waals surface area contributed by atoms with Gasteiger partial charge in [-0.05, 0) is 31.2 Å². The van der Waals surface area contributed by atoms with Crippen molar-refractivity contribution in [2.75, 3.05) is 0 Å². The van der Waals surface area contributed by atoms with Crippen LogP contribution in [0.1, 0.15) is 12.5 Å². The first-order chi connectivity index (χ1) is 11.3. The zero-order chi connectivity index (χ0) is 17.5. The Labute approximate surface area is 138 Å². The first kappa shape index (κ1) is 16.5. The van der Waals surface area contributed by atoms with Gasteiger partial charge >= 0.3 is 6.18 Å². The van der Waals surface area contributed by atoms with Gasteiger partial charge in [0.05, 0.1) is 16.1 Å². The smallest absolute Gasteiger partial charge is 0.416 e. The van der Waals surface area contributed by atoms with Gasteiger partial charge in [0.2, 0.25) is 0 Å². The van der Waals surface area contributed by atoms with Crippen LogP contribution in [0.2, 0.25) is 5.02 Å². The van der Waals surface area contributed by atoms with Crippen molar-refractivity contribution in [1.82, 2.24) is 15.0 Å². The summed E-state index contributed by atoms with van der Waals surface area (Å²) in [6, 6.07) is 5.64. The maximum absolute atomic E-state index is 14.0. The van der Waals surface area contributed by atoms with Gasteiger partial charge in [-0.3, -0.25) is 0 Å². The quantitative estimate of drug-likeness (QED) is 0.614. The lowest BCUT2D eigenvalue weighted by molar-refractivity contribution is -0.137. The summed E-state index contributed by atoms with van der Waals surface area (Å²) >= 11 is 5.75. The highest BCUT2D eigenvalue weighted by molar-refractivity contribution is 6.32. The molecule has 3 rings (SSSR count). The number of hydrogen-bond acceptors (Lipinski definition) is 3. The minimum absolute atomic E-state index is 0.208. The lowest BCUT2D eigenvalue weighted by atomic mass is 10.2. The largest absolute Gasteiger partial charge is 0.453 e. The summed E-state index contributed by atoms with van der Waals surface area (Å²) in [4.78, 5) is 0. The van der Waals surface area contributed by atoms with E-state index in [0.717, 1.165) is 0 Å². The van der Waals surface area contributed by atoms with Crippen molar-refractivity contribution in [3.05, 3.63) is 46.7 Å². The van der Waals surface area contributed by atoms with Crippen LogP contribution in [0.5, 0.6) is 11.5 Å². The third-order valence-corrected chi connectivity index (χ3v) is 3.61. The second-order valence-electron chi connectivity index (χ2n) is 4.92. The van der Waals surface area contributed by atoms with Crippen LogP contribution in [0.25, 0.3) is 11.0 Å². The van der Waals surface area contributed by atoms with Gasteiger partial charge in [-0.1, -0.05) is 16.8 Å². The van der Waals surface area contributed by atoms with Crippen molar-refractivity contribution in [2.45, 2.75) is 19.6 Å². The van der Waals surface area contributed by atoms with E-state index in [9.17, 15) is 17.6 Å². The number of aromatic nitrogens is 3. The van der Waals surface area contributed by atoms with Crippen molar-refractivity contribution < 1.29 is 22.3 Å². The average Bonchev–Trinajstić information content (AvgIpc) is 2.92. The zero-order valence-corrected chi connectivity index (χ0v) is 13.0. The third kappa shape index (κ3) is 3.01. The maximum Gasteiger partial charge on any atom is 0.416 e. The number of benzene rings is 2. The molecule has 0 atom stereocenters. The number of nitrogens with zero attached hydrogens (tertiary/aromatic N) is 3. The van der Waals surface area contributed by atoms with Crippen molar-refractivity contribution in [3.63, 3.8) is 0 Å². The zero-order valence-electron chi connectivity index (χ0n) is 12.2. The lowest BCUT2D eigenvalue weighted by Crippen LogP contribution is -2.06. The number of hydrogen-bond donors (Lipinski definition) is 0. The summed E-state index contributed by atoms with van der Waals surface area (Å²) in [5.74, 6) is -1.46. The molecular weight excluding hydrogens is 350 g/mol. The van der Waals surface area contributed by atoms with Gasteiger partial charge in [0.1, 0.15) is 11.3 Å². The van der Waals surface area contributed by atoms with Gasteiger partial charge in [0.15, 0.2) is 11.6 Å². The molecule has 0 fully saturated rings. The number of aryl methyl sites for hydroxylation is 1. The Morgan fingerprint density at radius 3 is 2.58 bits per heavy atom. The normalized spacial score (nSPS) is 11.9. The van der Waals surface area contributed by atoms with E-state index in [1.807, 2.05) is 6.92 Å². The van der Waals surface area contributed by atoms with Crippen LogP contribution in [0, 0.1) is 5.82 Å². The van der Waals surface area contributed by atoms with E-state index in [1.54, 1.807) is 16.8 Å². The van der Waals surface area contributed by atoms with E-state index in [2.05, 4.69) is 10.3 Å². The molecule has 0 radical (unpaired) electrons. The highest BCUT2D eigenvalue weighted by atomic mass is 35.5. The topological polar surface area (TPSA) is 39.9 Å². The fourth-order valence-electron chi connectivity index (χ4n) is 2.18. The molecule has 126 valence electrons. The van der Waals surface area contributed by atoms with E-state index >= 15 is 0 Å². The van der Waals surface area contributed by atoms with E-state index in [1.165, 1.54) is 6.07 Å². The van der Waals surface area contributed by atoms with Gasteiger partial charge in [0.25, 0.3) is 0 Å². The van der Waals surface area contributed by atoms with Crippen LogP contribution in [0.15, 0.2) is 30.3 Å². The van der Waals surface area contributed by atoms with Crippen LogP contribution < -0.4 is 4.74 Å². The summed E-state index contributed by atoms with van der Waals surface area (Å²) in [7, 11) is 0. The molecule has 0 amide bonds. The fraction of sp³-hybridized carbons (Fsp3) is 0.200. The Kier molecular flexibility index (Phi) is 4.08. The van der Waals surface area contributed by atoms with Crippen molar-refractivity contribution in [3.8, 4) is 11.5 Å². The molecule has 0 aliphatic rings. The molecule has 24 heavy (non-hydrogen) atoms. The predicted molar refractivity (Wildman–Crippen MR) is 79.7 cm³/mol. The Balaban J connectivity index is 1.99. The molecule has 2 aromatic carbocycles. The highest BCUT2D eigenvalue weighted by Crippen LogP contribution is 2.38. The van der Waals surface area contributed by atoms with Crippen molar-refractivity contribution in [2.24, 2.45) is 0 Å². The monoisotopic (exact) mass is 359 g/mol. The number of fused-ring (bicyclic) bond motifs is 1. The number of halogens is 5. The SMILES string of the molecule is CCn1nnc2ccc(Oc3c(F)cc(C(F)(F)F)cc3Cl)cc21. The summed E-state index contributed by atoms with van der Waals surface area (Å²) in [6.07, 6.45) is -4.69. The fourth-order valence-corrected chi connectivity index (χ4v) is 2.43. The summed E-state index contributed by atoms with van der Waals surface area (Å²) < 4.78 is 58.9. The predicted octanol–water partition coefficient (Wildman–Crippen LogP) is 5.05. The molecule has 0 aliphatic carbocycles. The number of rotatable bonds is 3. The van der Waals surface area contributed by atoms with E-state index < -0.39 is 28.3 Å². The van der Waals surface area contributed by atoms with E-state index in [4.69, 9.17) is 16.3 Å². The molecule has 0 spiro atoms. The molecule has 0 saturated carbocycles. The van der Waals surface area contributed by atoms with Gasteiger partial charge in [-0.25, -0.2) is 9.07 Å². The Hall–Kier alpha value is -2.35. The summed E-state index contributed by atoms with van der Waals surface area (Å²) in [5.41, 5.74) is 0.0858. The van der Waals surface area contributed by atoms with Gasteiger partial charge in [0, 0.05) is 12.6 Å². The summed E-state index contributed by atoms with van der Waals surface area (Å²) in [5, 5.41) is 7.40. The number of alkyl halides is 3. The van der Waals surface area contributed by atoms with E-state index in [0.29, 0.717) is 29.7 Å². The molecule has 1 aromatic heterocycles. The molecule has 9 heteroatoms. The van der Waals surface area contributed by atoms with Crippen LogP contribution in [-0.4, -0.2) is 15.0 Å². The molecule has 0 unspecified atom stereocenters. The van der Waals surface area contributed by atoms with Crippen LogP contribution >= 0.6 is 11.6 Å². The minimum atomic E-state index is -4.69. The third-order valence-electron chi connectivity index (χ3n) is 3.33. The van der Waals surface area contributed by atoms with Crippen LogP contribution in [0.3, 0.4) is 0 Å². The van der Waals surface area contributed by atoms with Gasteiger partial charge < -0.3 is 4.74 Å². The molecular formula is C15H10ClF4N3O. The van der Waals surface area contributed by atoms with Crippen LogP contribution in [-0.2, 0) is 12.7 Å². The van der Waals surface area contributed by atoms with Gasteiger partial charge in [-0.15, -0.1) is 5.10 Å². The Morgan fingerprint density at radius 1 is 1.21 bits per heavy atom.